The molecule has 0 aromatic heterocycles. The van der Waals surface area contributed by atoms with Crippen LogP contribution in [0, 0.1) is 0 Å². The lowest BCUT2D eigenvalue weighted by atomic mass is 10.1. The van der Waals surface area contributed by atoms with Crippen LogP contribution < -0.4 is 4.74 Å². The van der Waals surface area contributed by atoms with Gasteiger partial charge in [-0.2, -0.15) is 0 Å². The standard InChI is InChI=1S/C16H18O6/c1-11(17)19-10-15-14(20-12(2)18)8-9-16(22-15)21-13-6-4-3-5-7-13/h3-9,14-16H,10H2,1-2H3/t14-,15+,16?/m0/s1. The van der Waals surface area contributed by atoms with Crippen LogP contribution in [0.1, 0.15) is 13.8 Å². The third kappa shape index (κ3) is 4.89. The monoisotopic (exact) mass is 306 g/mol. The van der Waals surface area contributed by atoms with Crippen LogP contribution in [-0.4, -0.2) is 37.0 Å². The number of para-hydroxylation sites is 1. The number of hydrogen-bond acceptors (Lipinski definition) is 6. The van der Waals surface area contributed by atoms with Crippen LogP contribution in [0.15, 0.2) is 42.5 Å². The first-order valence-electron chi connectivity index (χ1n) is 6.90. The zero-order valence-electron chi connectivity index (χ0n) is 12.4. The summed E-state index contributed by atoms with van der Waals surface area (Å²) in [5.41, 5.74) is 0. The van der Waals surface area contributed by atoms with Crippen LogP contribution in [0.2, 0.25) is 0 Å². The molecule has 1 unspecified atom stereocenters. The first kappa shape index (κ1) is 16.0. The molecule has 6 heteroatoms. The summed E-state index contributed by atoms with van der Waals surface area (Å²) in [7, 11) is 0. The Bertz CT molecular complexity index is 539. The van der Waals surface area contributed by atoms with E-state index in [1.54, 1.807) is 24.3 Å². The summed E-state index contributed by atoms with van der Waals surface area (Å²) in [6, 6.07) is 9.18. The molecule has 1 heterocycles. The van der Waals surface area contributed by atoms with Crippen molar-refractivity contribution in [2.45, 2.75) is 32.3 Å². The van der Waals surface area contributed by atoms with Gasteiger partial charge >= 0.3 is 11.9 Å². The molecule has 0 radical (unpaired) electrons. The second-order valence-corrected chi connectivity index (χ2v) is 4.74. The lowest BCUT2D eigenvalue weighted by molar-refractivity contribution is -0.178. The van der Waals surface area contributed by atoms with E-state index in [0.29, 0.717) is 5.75 Å². The maximum atomic E-state index is 11.1. The summed E-state index contributed by atoms with van der Waals surface area (Å²) in [6.07, 6.45) is 1.45. The van der Waals surface area contributed by atoms with Gasteiger partial charge in [-0.25, -0.2) is 0 Å². The Labute approximate surface area is 128 Å². The zero-order chi connectivity index (χ0) is 15.9. The third-order valence-electron chi connectivity index (χ3n) is 2.88. The molecule has 22 heavy (non-hydrogen) atoms. The summed E-state index contributed by atoms with van der Waals surface area (Å²) in [4.78, 5) is 22.1. The van der Waals surface area contributed by atoms with E-state index in [9.17, 15) is 9.59 Å². The van der Waals surface area contributed by atoms with Gasteiger partial charge in [0.2, 0.25) is 6.29 Å². The Hall–Kier alpha value is -2.34. The fourth-order valence-electron chi connectivity index (χ4n) is 1.96. The molecule has 0 saturated carbocycles. The molecule has 0 aliphatic carbocycles. The van der Waals surface area contributed by atoms with E-state index in [0.717, 1.165) is 0 Å². The number of esters is 2. The van der Waals surface area contributed by atoms with Crippen LogP contribution >= 0.6 is 0 Å². The van der Waals surface area contributed by atoms with Gasteiger partial charge in [0, 0.05) is 13.8 Å². The molecule has 0 spiro atoms. The van der Waals surface area contributed by atoms with Gasteiger partial charge in [0.25, 0.3) is 0 Å². The van der Waals surface area contributed by atoms with Crippen molar-refractivity contribution < 1.29 is 28.5 Å². The first-order chi connectivity index (χ1) is 10.5. The van der Waals surface area contributed by atoms with Gasteiger partial charge in [-0.05, 0) is 24.3 Å². The highest BCUT2D eigenvalue weighted by Gasteiger charge is 2.31. The number of ether oxygens (including phenoxy) is 4. The van der Waals surface area contributed by atoms with Crippen LogP contribution in [0.25, 0.3) is 0 Å². The van der Waals surface area contributed by atoms with Crippen molar-refractivity contribution in [2.24, 2.45) is 0 Å². The maximum absolute atomic E-state index is 11.1. The van der Waals surface area contributed by atoms with Crippen molar-refractivity contribution in [2.75, 3.05) is 6.61 Å². The normalized spacial score (nSPS) is 23.6. The highest BCUT2D eigenvalue weighted by atomic mass is 16.7. The maximum Gasteiger partial charge on any atom is 0.303 e. The topological polar surface area (TPSA) is 71.1 Å². The van der Waals surface area contributed by atoms with Crippen LogP contribution in [0.5, 0.6) is 5.75 Å². The minimum Gasteiger partial charge on any atom is -0.463 e. The van der Waals surface area contributed by atoms with Crippen molar-refractivity contribution in [1.82, 2.24) is 0 Å². The second kappa shape index (κ2) is 7.61. The molecular formula is C16H18O6. The molecule has 3 atom stereocenters. The number of hydrogen-bond donors (Lipinski definition) is 0. The SMILES string of the molecule is CC(=O)OC[C@H]1OC(Oc2ccccc2)C=C[C@@H]1OC(C)=O. The van der Waals surface area contributed by atoms with Gasteiger partial charge in [0.1, 0.15) is 24.6 Å². The van der Waals surface area contributed by atoms with Crippen LogP contribution in [0.4, 0.5) is 0 Å². The number of carbonyl (C=O) groups is 2. The van der Waals surface area contributed by atoms with E-state index < -0.39 is 30.4 Å². The minimum absolute atomic E-state index is 0.0216. The summed E-state index contributed by atoms with van der Waals surface area (Å²) >= 11 is 0. The molecule has 1 aliphatic rings. The Kier molecular flexibility index (Phi) is 5.55. The lowest BCUT2D eigenvalue weighted by Crippen LogP contribution is -2.42. The van der Waals surface area contributed by atoms with Crippen LogP contribution in [0.3, 0.4) is 0 Å². The summed E-state index contributed by atoms with van der Waals surface area (Å²) in [5.74, 6) is -0.219. The largest absolute Gasteiger partial charge is 0.463 e. The summed E-state index contributed by atoms with van der Waals surface area (Å²) in [5, 5.41) is 0. The van der Waals surface area contributed by atoms with E-state index >= 15 is 0 Å². The third-order valence-corrected chi connectivity index (χ3v) is 2.88. The molecular weight excluding hydrogens is 288 g/mol. The smallest absolute Gasteiger partial charge is 0.303 e. The van der Waals surface area contributed by atoms with Crippen molar-refractivity contribution in [1.29, 1.82) is 0 Å². The van der Waals surface area contributed by atoms with Crippen molar-refractivity contribution >= 4 is 11.9 Å². The Morgan fingerprint density at radius 3 is 2.45 bits per heavy atom. The van der Waals surface area contributed by atoms with Gasteiger partial charge < -0.3 is 18.9 Å². The van der Waals surface area contributed by atoms with Gasteiger partial charge in [-0.15, -0.1) is 0 Å². The molecule has 118 valence electrons. The molecule has 1 aromatic carbocycles. The first-order valence-corrected chi connectivity index (χ1v) is 6.90. The fourth-order valence-corrected chi connectivity index (χ4v) is 1.96. The van der Waals surface area contributed by atoms with Gasteiger partial charge in [0.15, 0.2) is 0 Å². The molecule has 0 fully saturated rings. The van der Waals surface area contributed by atoms with E-state index in [2.05, 4.69) is 0 Å². The summed E-state index contributed by atoms with van der Waals surface area (Å²) in [6.45, 7) is 2.59. The highest BCUT2D eigenvalue weighted by Crippen LogP contribution is 2.20. The number of rotatable bonds is 5. The van der Waals surface area contributed by atoms with Gasteiger partial charge in [-0.1, -0.05) is 18.2 Å². The van der Waals surface area contributed by atoms with Crippen LogP contribution in [-0.2, 0) is 23.8 Å². The predicted octanol–water partition coefficient (Wildman–Crippen LogP) is 1.84. The number of carbonyl (C=O) groups excluding carboxylic acids is 2. The highest BCUT2D eigenvalue weighted by molar-refractivity contribution is 5.66. The Morgan fingerprint density at radius 2 is 1.82 bits per heavy atom. The molecule has 6 nitrogen and oxygen atoms in total. The predicted molar refractivity (Wildman–Crippen MR) is 77.1 cm³/mol. The van der Waals surface area contributed by atoms with Crippen molar-refractivity contribution in [3.63, 3.8) is 0 Å². The van der Waals surface area contributed by atoms with E-state index in [1.807, 2.05) is 18.2 Å². The molecule has 0 N–H and O–H groups in total. The molecule has 1 aromatic rings. The lowest BCUT2D eigenvalue weighted by Gasteiger charge is -2.31. The quantitative estimate of drug-likeness (QED) is 0.610. The summed E-state index contributed by atoms with van der Waals surface area (Å²) < 4.78 is 21.4. The Morgan fingerprint density at radius 1 is 1.09 bits per heavy atom. The Balaban J connectivity index is 2.02. The van der Waals surface area contributed by atoms with E-state index in [1.165, 1.54) is 13.8 Å². The van der Waals surface area contributed by atoms with E-state index in [-0.39, 0.29) is 6.61 Å². The molecule has 0 saturated heterocycles. The molecule has 0 bridgehead atoms. The van der Waals surface area contributed by atoms with Gasteiger partial charge in [0.05, 0.1) is 0 Å². The molecule has 0 amide bonds. The second-order valence-electron chi connectivity index (χ2n) is 4.74. The van der Waals surface area contributed by atoms with Gasteiger partial charge in [-0.3, -0.25) is 9.59 Å². The average Bonchev–Trinajstić information content (AvgIpc) is 2.48. The van der Waals surface area contributed by atoms with E-state index in [4.69, 9.17) is 18.9 Å². The minimum atomic E-state index is -0.644. The number of benzene rings is 1. The molecule has 1 aliphatic heterocycles. The van der Waals surface area contributed by atoms with Crippen molar-refractivity contribution in [3.05, 3.63) is 42.5 Å². The average molecular weight is 306 g/mol. The molecule has 2 rings (SSSR count). The van der Waals surface area contributed by atoms with Crippen molar-refractivity contribution in [3.8, 4) is 5.75 Å². The zero-order valence-corrected chi connectivity index (χ0v) is 12.4. The fraction of sp³-hybridized carbons (Fsp3) is 0.375.